The van der Waals surface area contributed by atoms with E-state index in [0.717, 1.165) is 25.1 Å². The molecular formula is C12H13ClF3NO. The van der Waals surface area contributed by atoms with Gasteiger partial charge < -0.3 is 4.74 Å². The van der Waals surface area contributed by atoms with Crippen LogP contribution in [0, 0.1) is 0 Å². The Balaban J connectivity index is 1.91. The summed E-state index contributed by atoms with van der Waals surface area (Å²) in [4.78, 5) is 2.18. The zero-order valence-electron chi connectivity index (χ0n) is 9.58. The second-order valence-corrected chi connectivity index (χ2v) is 4.93. The summed E-state index contributed by atoms with van der Waals surface area (Å²) in [6, 6.07) is 5.94. The first kappa shape index (κ1) is 13.5. The van der Waals surface area contributed by atoms with Gasteiger partial charge in [0, 0.05) is 18.5 Å². The van der Waals surface area contributed by atoms with E-state index in [4.69, 9.17) is 11.6 Å². The average molecular weight is 280 g/mol. The fourth-order valence-electron chi connectivity index (χ4n) is 1.98. The Hall–Kier alpha value is -0.940. The van der Waals surface area contributed by atoms with E-state index in [1.807, 2.05) is 0 Å². The van der Waals surface area contributed by atoms with Crippen molar-refractivity contribution in [3.63, 3.8) is 0 Å². The van der Waals surface area contributed by atoms with E-state index in [9.17, 15) is 13.2 Å². The van der Waals surface area contributed by atoms with E-state index in [-0.39, 0.29) is 11.1 Å². The molecule has 6 heteroatoms. The number of ether oxygens (including phenoxy) is 1. The molecule has 0 bridgehead atoms. The van der Waals surface area contributed by atoms with Crippen LogP contribution in [0.4, 0.5) is 13.2 Å². The van der Waals surface area contributed by atoms with Gasteiger partial charge in [0.25, 0.3) is 0 Å². The number of benzene rings is 1. The maximum atomic E-state index is 12.0. The van der Waals surface area contributed by atoms with Crippen LogP contribution in [0.3, 0.4) is 0 Å². The van der Waals surface area contributed by atoms with Gasteiger partial charge in [0.2, 0.25) is 0 Å². The monoisotopic (exact) mass is 279 g/mol. The van der Waals surface area contributed by atoms with Crippen LogP contribution in [0.2, 0.25) is 0 Å². The molecule has 1 unspecified atom stereocenters. The maximum Gasteiger partial charge on any atom is 0.573 e. The van der Waals surface area contributed by atoms with Crippen LogP contribution >= 0.6 is 11.6 Å². The molecule has 0 spiro atoms. The topological polar surface area (TPSA) is 12.5 Å². The van der Waals surface area contributed by atoms with Crippen molar-refractivity contribution >= 4 is 11.6 Å². The van der Waals surface area contributed by atoms with E-state index in [2.05, 4.69) is 9.64 Å². The van der Waals surface area contributed by atoms with E-state index >= 15 is 0 Å². The van der Waals surface area contributed by atoms with E-state index in [0.29, 0.717) is 6.54 Å². The van der Waals surface area contributed by atoms with Gasteiger partial charge in [-0.2, -0.15) is 0 Å². The fourth-order valence-corrected chi connectivity index (χ4v) is 2.28. The molecule has 1 saturated heterocycles. The number of halogens is 4. The summed E-state index contributed by atoms with van der Waals surface area (Å²) in [7, 11) is 0. The first-order chi connectivity index (χ1) is 8.42. The van der Waals surface area contributed by atoms with Crippen LogP contribution in [0.15, 0.2) is 24.3 Å². The van der Waals surface area contributed by atoms with Crippen molar-refractivity contribution in [1.82, 2.24) is 4.90 Å². The SMILES string of the molecule is FC(F)(F)Oc1ccc(CN2CCC(Cl)C2)cc1. The summed E-state index contributed by atoms with van der Waals surface area (Å²) in [5, 5.41) is 0.179. The highest BCUT2D eigenvalue weighted by molar-refractivity contribution is 6.20. The van der Waals surface area contributed by atoms with Crippen molar-refractivity contribution < 1.29 is 17.9 Å². The van der Waals surface area contributed by atoms with Crippen LogP contribution in [-0.4, -0.2) is 29.7 Å². The van der Waals surface area contributed by atoms with E-state index < -0.39 is 6.36 Å². The molecule has 1 aliphatic heterocycles. The molecule has 0 saturated carbocycles. The number of likely N-dealkylation sites (tertiary alicyclic amines) is 1. The Morgan fingerprint density at radius 2 is 1.94 bits per heavy atom. The molecule has 0 N–H and O–H groups in total. The van der Waals surface area contributed by atoms with Gasteiger partial charge in [-0.3, -0.25) is 4.90 Å². The predicted octanol–water partition coefficient (Wildman–Crippen LogP) is 3.40. The molecule has 0 aliphatic carbocycles. The number of nitrogens with zero attached hydrogens (tertiary/aromatic N) is 1. The average Bonchev–Trinajstić information content (AvgIpc) is 2.65. The summed E-state index contributed by atoms with van der Waals surface area (Å²) < 4.78 is 39.7. The Labute approximate surface area is 108 Å². The number of alkyl halides is 4. The number of rotatable bonds is 3. The molecule has 1 atom stereocenters. The normalized spacial score (nSPS) is 21.2. The van der Waals surface area contributed by atoms with Crippen molar-refractivity contribution in [2.45, 2.75) is 24.7 Å². The molecule has 1 aromatic carbocycles. The molecule has 100 valence electrons. The highest BCUT2D eigenvalue weighted by atomic mass is 35.5. The lowest BCUT2D eigenvalue weighted by molar-refractivity contribution is -0.274. The van der Waals surface area contributed by atoms with Gasteiger partial charge in [0.1, 0.15) is 5.75 Å². The fraction of sp³-hybridized carbons (Fsp3) is 0.500. The lowest BCUT2D eigenvalue weighted by Gasteiger charge is -2.15. The summed E-state index contributed by atoms with van der Waals surface area (Å²) in [6.07, 6.45) is -3.68. The quantitative estimate of drug-likeness (QED) is 0.787. The molecule has 18 heavy (non-hydrogen) atoms. The summed E-state index contributed by atoms with van der Waals surface area (Å²) >= 11 is 5.98. The smallest absolute Gasteiger partial charge is 0.406 e. The van der Waals surface area contributed by atoms with Crippen molar-refractivity contribution in [1.29, 1.82) is 0 Å². The standard InChI is InChI=1S/C12H13ClF3NO/c13-10-5-6-17(8-10)7-9-1-3-11(4-2-9)18-12(14,15)16/h1-4,10H,5-8H2. The van der Waals surface area contributed by atoms with Gasteiger partial charge >= 0.3 is 6.36 Å². The van der Waals surface area contributed by atoms with Crippen LogP contribution in [0.25, 0.3) is 0 Å². The molecule has 1 heterocycles. The second-order valence-electron chi connectivity index (χ2n) is 4.31. The first-order valence-corrected chi connectivity index (χ1v) is 6.07. The lowest BCUT2D eigenvalue weighted by Crippen LogP contribution is -2.20. The molecular weight excluding hydrogens is 267 g/mol. The molecule has 0 amide bonds. The van der Waals surface area contributed by atoms with Crippen molar-refractivity contribution in [3.05, 3.63) is 29.8 Å². The summed E-state index contributed by atoms with van der Waals surface area (Å²) in [5.74, 6) is -0.192. The molecule has 1 aliphatic rings. The molecule has 0 aromatic heterocycles. The largest absolute Gasteiger partial charge is 0.573 e. The molecule has 2 rings (SSSR count). The Bertz CT molecular complexity index is 393. The predicted molar refractivity (Wildman–Crippen MR) is 62.7 cm³/mol. The molecule has 1 aromatic rings. The Kier molecular flexibility index (Phi) is 4.02. The third-order valence-electron chi connectivity index (χ3n) is 2.78. The van der Waals surface area contributed by atoms with E-state index in [1.54, 1.807) is 12.1 Å². The Morgan fingerprint density at radius 1 is 1.28 bits per heavy atom. The third-order valence-corrected chi connectivity index (χ3v) is 3.13. The van der Waals surface area contributed by atoms with Gasteiger partial charge in [-0.25, -0.2) is 0 Å². The molecule has 2 nitrogen and oxygen atoms in total. The molecule has 1 fully saturated rings. The van der Waals surface area contributed by atoms with Gasteiger partial charge in [0.15, 0.2) is 0 Å². The highest BCUT2D eigenvalue weighted by Crippen LogP contribution is 2.24. The summed E-state index contributed by atoms with van der Waals surface area (Å²) in [5.41, 5.74) is 0.954. The van der Waals surface area contributed by atoms with Crippen LogP contribution in [-0.2, 0) is 6.54 Å². The Morgan fingerprint density at radius 3 is 2.44 bits per heavy atom. The zero-order valence-corrected chi connectivity index (χ0v) is 10.3. The van der Waals surface area contributed by atoms with Crippen molar-refractivity contribution in [2.24, 2.45) is 0 Å². The minimum absolute atomic E-state index is 0.179. The van der Waals surface area contributed by atoms with Crippen LogP contribution in [0.5, 0.6) is 5.75 Å². The van der Waals surface area contributed by atoms with Crippen molar-refractivity contribution in [3.8, 4) is 5.75 Å². The lowest BCUT2D eigenvalue weighted by atomic mass is 10.2. The highest BCUT2D eigenvalue weighted by Gasteiger charge is 2.31. The van der Waals surface area contributed by atoms with Crippen LogP contribution < -0.4 is 4.74 Å². The molecule has 0 radical (unpaired) electrons. The maximum absolute atomic E-state index is 12.0. The van der Waals surface area contributed by atoms with Gasteiger partial charge in [-0.05, 0) is 30.7 Å². The van der Waals surface area contributed by atoms with Crippen molar-refractivity contribution in [2.75, 3.05) is 13.1 Å². The van der Waals surface area contributed by atoms with Gasteiger partial charge in [-0.15, -0.1) is 24.8 Å². The van der Waals surface area contributed by atoms with Gasteiger partial charge in [-0.1, -0.05) is 12.1 Å². The minimum Gasteiger partial charge on any atom is -0.406 e. The second kappa shape index (κ2) is 5.36. The zero-order chi connectivity index (χ0) is 13.2. The minimum atomic E-state index is -4.64. The first-order valence-electron chi connectivity index (χ1n) is 5.63. The van der Waals surface area contributed by atoms with E-state index in [1.165, 1.54) is 12.1 Å². The number of hydrogen-bond donors (Lipinski definition) is 0. The third kappa shape index (κ3) is 4.07. The van der Waals surface area contributed by atoms with Gasteiger partial charge in [0.05, 0.1) is 0 Å². The number of hydrogen-bond acceptors (Lipinski definition) is 2. The van der Waals surface area contributed by atoms with Crippen LogP contribution in [0.1, 0.15) is 12.0 Å². The summed E-state index contributed by atoms with van der Waals surface area (Å²) in [6.45, 7) is 2.45.